The Kier molecular flexibility index (Phi) is 7.57. The third-order valence-corrected chi connectivity index (χ3v) is 6.52. The SMILES string of the molecule is CC(NC(=O)OC(C)(C)C)C(=O)N1CCN(c2ncc(B3OC(C)(C)C(C)(C)O3)cn2)CC1C(=O)O. The van der Waals surface area contributed by atoms with E-state index in [0.717, 1.165) is 0 Å². The molecule has 2 fully saturated rings. The molecule has 2 aliphatic heterocycles. The molecule has 3 heterocycles. The van der Waals surface area contributed by atoms with E-state index in [1.54, 1.807) is 38.1 Å². The second kappa shape index (κ2) is 9.85. The molecule has 12 nitrogen and oxygen atoms in total. The van der Waals surface area contributed by atoms with Crippen LogP contribution in [0.15, 0.2) is 12.4 Å². The quantitative estimate of drug-likeness (QED) is 0.552. The highest BCUT2D eigenvalue weighted by atomic mass is 16.7. The van der Waals surface area contributed by atoms with Gasteiger partial charge in [0.25, 0.3) is 0 Å². The fraction of sp³-hybridized carbons (Fsp3) is 0.696. The number of hydrogen-bond donors (Lipinski definition) is 2. The van der Waals surface area contributed by atoms with Crippen molar-refractivity contribution in [1.82, 2.24) is 20.2 Å². The van der Waals surface area contributed by atoms with Crippen molar-refractivity contribution in [3.63, 3.8) is 0 Å². The normalized spacial score (nSPS) is 22.2. The van der Waals surface area contributed by atoms with Gasteiger partial charge in [-0.1, -0.05) is 0 Å². The van der Waals surface area contributed by atoms with Crippen molar-refractivity contribution >= 4 is 36.5 Å². The van der Waals surface area contributed by atoms with Crippen LogP contribution >= 0.6 is 0 Å². The van der Waals surface area contributed by atoms with Crippen LogP contribution in [0.5, 0.6) is 0 Å². The summed E-state index contributed by atoms with van der Waals surface area (Å²) < 4.78 is 17.2. The first-order valence-electron chi connectivity index (χ1n) is 12.0. The zero-order chi connectivity index (χ0) is 27.1. The van der Waals surface area contributed by atoms with E-state index in [0.29, 0.717) is 18.0 Å². The van der Waals surface area contributed by atoms with Gasteiger partial charge in [-0.05, 0) is 55.4 Å². The Labute approximate surface area is 211 Å². The van der Waals surface area contributed by atoms with E-state index in [4.69, 9.17) is 14.0 Å². The molecule has 1 aromatic rings. The fourth-order valence-corrected chi connectivity index (χ4v) is 3.83. The van der Waals surface area contributed by atoms with E-state index < -0.39 is 54.0 Å². The molecule has 0 saturated carbocycles. The molecule has 0 aromatic carbocycles. The van der Waals surface area contributed by atoms with Crippen molar-refractivity contribution in [2.24, 2.45) is 0 Å². The Hall–Kier alpha value is -2.93. The van der Waals surface area contributed by atoms with Crippen LogP contribution < -0.4 is 15.7 Å². The molecule has 13 heteroatoms. The third-order valence-electron chi connectivity index (χ3n) is 6.52. The number of ether oxygens (including phenoxy) is 1. The molecule has 3 rings (SSSR count). The maximum Gasteiger partial charge on any atom is 0.498 e. The van der Waals surface area contributed by atoms with Crippen LogP contribution in [0, 0.1) is 0 Å². The van der Waals surface area contributed by atoms with Crippen molar-refractivity contribution in [2.75, 3.05) is 24.5 Å². The van der Waals surface area contributed by atoms with Gasteiger partial charge in [0.1, 0.15) is 17.7 Å². The summed E-state index contributed by atoms with van der Waals surface area (Å²) in [5, 5.41) is 12.3. The highest BCUT2D eigenvalue weighted by molar-refractivity contribution is 6.61. The molecule has 2 saturated heterocycles. The first kappa shape index (κ1) is 27.7. The third kappa shape index (κ3) is 6.07. The number of aromatic nitrogens is 2. The summed E-state index contributed by atoms with van der Waals surface area (Å²) in [7, 11) is -0.607. The van der Waals surface area contributed by atoms with Gasteiger partial charge in [0, 0.05) is 30.9 Å². The van der Waals surface area contributed by atoms with Gasteiger partial charge in [-0.3, -0.25) is 4.79 Å². The summed E-state index contributed by atoms with van der Waals surface area (Å²) in [6, 6.07) is -2.09. The lowest BCUT2D eigenvalue weighted by atomic mass is 9.81. The van der Waals surface area contributed by atoms with Crippen molar-refractivity contribution in [3.05, 3.63) is 12.4 Å². The number of nitrogens with zero attached hydrogens (tertiary/aromatic N) is 4. The summed E-state index contributed by atoms with van der Waals surface area (Å²) in [5.74, 6) is -1.33. The molecule has 36 heavy (non-hydrogen) atoms. The van der Waals surface area contributed by atoms with Crippen molar-refractivity contribution in [2.45, 2.75) is 84.3 Å². The van der Waals surface area contributed by atoms with E-state index in [-0.39, 0.29) is 13.1 Å². The van der Waals surface area contributed by atoms with Crippen LogP contribution in [0.25, 0.3) is 0 Å². The molecule has 2 unspecified atom stereocenters. The van der Waals surface area contributed by atoms with E-state index >= 15 is 0 Å². The first-order valence-corrected chi connectivity index (χ1v) is 12.0. The monoisotopic (exact) mass is 505 g/mol. The van der Waals surface area contributed by atoms with E-state index in [1.807, 2.05) is 27.7 Å². The summed E-state index contributed by atoms with van der Waals surface area (Å²) >= 11 is 0. The predicted octanol–water partition coefficient (Wildman–Crippen LogP) is 0.791. The molecule has 1 aromatic heterocycles. The molecule has 2 aliphatic rings. The average Bonchev–Trinajstić information content (AvgIpc) is 2.98. The van der Waals surface area contributed by atoms with Crippen LogP contribution in [0.3, 0.4) is 0 Å². The molecular weight excluding hydrogens is 469 g/mol. The van der Waals surface area contributed by atoms with Crippen molar-refractivity contribution < 1.29 is 33.5 Å². The first-order chi connectivity index (χ1) is 16.5. The fourth-order valence-electron chi connectivity index (χ4n) is 3.83. The molecule has 0 bridgehead atoms. The second-order valence-corrected chi connectivity index (χ2v) is 11.1. The summed E-state index contributed by atoms with van der Waals surface area (Å²) in [6.45, 7) is 14.9. The predicted molar refractivity (Wildman–Crippen MR) is 132 cm³/mol. The number of carboxylic acid groups (broad SMARTS) is 1. The van der Waals surface area contributed by atoms with Gasteiger partial charge >= 0.3 is 19.2 Å². The van der Waals surface area contributed by atoms with Gasteiger partial charge in [-0.15, -0.1) is 0 Å². The molecule has 198 valence electrons. The number of amides is 2. The largest absolute Gasteiger partial charge is 0.498 e. The molecular formula is C23H36BN5O7. The number of rotatable bonds is 5. The average molecular weight is 505 g/mol. The van der Waals surface area contributed by atoms with Crippen LogP contribution in [0.1, 0.15) is 55.4 Å². The number of aliphatic carboxylic acids is 1. The minimum absolute atomic E-state index is 0.00390. The summed E-state index contributed by atoms with van der Waals surface area (Å²) in [6.07, 6.45) is 2.46. The number of nitrogens with one attached hydrogen (secondary N) is 1. The maximum atomic E-state index is 13.0. The van der Waals surface area contributed by atoms with Gasteiger partial charge in [0.05, 0.1) is 17.7 Å². The van der Waals surface area contributed by atoms with Gasteiger partial charge < -0.3 is 34.3 Å². The molecule has 2 N–H and O–H groups in total. The number of carbonyl (C=O) groups is 3. The molecule has 2 atom stereocenters. The topological polar surface area (TPSA) is 143 Å². The lowest BCUT2D eigenvalue weighted by molar-refractivity contribution is -0.151. The van der Waals surface area contributed by atoms with Crippen LogP contribution in [-0.2, 0) is 23.6 Å². The smallest absolute Gasteiger partial charge is 0.480 e. The standard InChI is InChI=1S/C23H36BN5O7/c1-14(27-20(33)34-21(2,3)4)17(30)29-10-9-28(13-16(29)18(31)32)19-25-11-15(12-26-19)24-35-22(5,6)23(7,8)36-24/h11-12,14,16H,9-10,13H2,1-8H3,(H,27,33)(H,31,32). The van der Waals surface area contributed by atoms with Crippen LogP contribution in [0.2, 0.25) is 0 Å². The lowest BCUT2D eigenvalue weighted by Crippen LogP contribution is -2.62. The van der Waals surface area contributed by atoms with Gasteiger partial charge in [0.2, 0.25) is 11.9 Å². The number of carbonyl (C=O) groups excluding carboxylic acids is 2. The Balaban J connectivity index is 1.66. The van der Waals surface area contributed by atoms with Crippen LogP contribution in [0.4, 0.5) is 10.7 Å². The number of anilines is 1. The minimum Gasteiger partial charge on any atom is -0.480 e. The van der Waals surface area contributed by atoms with Gasteiger partial charge in [-0.25, -0.2) is 19.6 Å². The highest BCUT2D eigenvalue weighted by Gasteiger charge is 2.52. The number of alkyl carbamates (subject to hydrolysis) is 1. The Morgan fingerprint density at radius 1 is 1.14 bits per heavy atom. The summed E-state index contributed by atoms with van der Waals surface area (Å²) in [4.78, 5) is 48.8. The zero-order valence-electron chi connectivity index (χ0n) is 22.2. The van der Waals surface area contributed by atoms with Crippen molar-refractivity contribution in [1.29, 1.82) is 0 Å². The second-order valence-electron chi connectivity index (χ2n) is 11.1. The van der Waals surface area contributed by atoms with E-state index in [2.05, 4.69) is 15.3 Å². The zero-order valence-corrected chi connectivity index (χ0v) is 22.2. The number of piperazine rings is 1. The minimum atomic E-state index is -1.16. The van der Waals surface area contributed by atoms with Gasteiger partial charge in [0.15, 0.2) is 0 Å². The molecule has 0 radical (unpaired) electrons. The Bertz CT molecular complexity index is 980. The van der Waals surface area contributed by atoms with E-state index in [9.17, 15) is 19.5 Å². The Morgan fingerprint density at radius 2 is 1.69 bits per heavy atom. The number of hydrogen-bond acceptors (Lipinski definition) is 9. The number of carboxylic acids is 1. The Morgan fingerprint density at radius 3 is 2.19 bits per heavy atom. The molecule has 0 aliphatic carbocycles. The molecule has 0 spiro atoms. The van der Waals surface area contributed by atoms with E-state index in [1.165, 1.54) is 11.8 Å². The van der Waals surface area contributed by atoms with Crippen molar-refractivity contribution in [3.8, 4) is 0 Å². The van der Waals surface area contributed by atoms with Gasteiger partial charge in [-0.2, -0.15) is 0 Å². The maximum absolute atomic E-state index is 13.0. The summed E-state index contributed by atoms with van der Waals surface area (Å²) in [5.41, 5.74) is -1.06. The lowest BCUT2D eigenvalue weighted by Gasteiger charge is -2.40. The molecule has 2 amide bonds. The highest BCUT2D eigenvalue weighted by Crippen LogP contribution is 2.36. The van der Waals surface area contributed by atoms with Crippen LogP contribution in [-0.4, -0.2) is 93.6 Å².